The van der Waals surface area contributed by atoms with Crippen LogP contribution in [0, 0.1) is 0 Å². The van der Waals surface area contributed by atoms with Gasteiger partial charge in [0.25, 0.3) is 0 Å². The molecule has 7 heteroatoms. The van der Waals surface area contributed by atoms with E-state index in [1.54, 1.807) is 18.5 Å². The average Bonchev–Trinajstić information content (AvgIpc) is 2.66. The van der Waals surface area contributed by atoms with Crippen LogP contribution in [-0.2, 0) is 4.79 Å². The van der Waals surface area contributed by atoms with E-state index < -0.39 is 18.0 Å². The fourth-order valence-corrected chi connectivity index (χ4v) is 1.44. The van der Waals surface area contributed by atoms with Crippen LogP contribution in [0.15, 0.2) is 11.6 Å². The third kappa shape index (κ3) is 3.55. The minimum Gasteiger partial charge on any atom is -0.480 e. The standard InChI is InChI=1S/C8H11N3O3S/c1-2-5(6(12)13)10-7(14)11-8-9-3-4-15-8/h3-5H,2H2,1H3,(H,12,13)(H2,9,10,11,14)/t5-/m0/s1. The lowest BCUT2D eigenvalue weighted by atomic mass is 10.2. The maximum atomic E-state index is 11.3. The lowest BCUT2D eigenvalue weighted by Crippen LogP contribution is -2.42. The molecule has 0 aliphatic carbocycles. The molecule has 3 N–H and O–H groups in total. The molecule has 82 valence electrons. The number of aromatic nitrogens is 1. The van der Waals surface area contributed by atoms with Gasteiger partial charge in [0.05, 0.1) is 0 Å². The quantitative estimate of drug-likeness (QED) is 0.721. The van der Waals surface area contributed by atoms with Crippen molar-refractivity contribution in [2.45, 2.75) is 19.4 Å². The van der Waals surface area contributed by atoms with Gasteiger partial charge in [-0.1, -0.05) is 6.92 Å². The summed E-state index contributed by atoms with van der Waals surface area (Å²) in [5.74, 6) is -1.05. The number of nitrogens with zero attached hydrogens (tertiary/aromatic N) is 1. The van der Waals surface area contributed by atoms with E-state index >= 15 is 0 Å². The van der Waals surface area contributed by atoms with Crippen LogP contribution in [0.3, 0.4) is 0 Å². The first-order chi connectivity index (χ1) is 7.13. The highest BCUT2D eigenvalue weighted by atomic mass is 32.1. The number of carbonyl (C=O) groups excluding carboxylic acids is 1. The molecule has 0 fully saturated rings. The molecule has 1 aromatic heterocycles. The van der Waals surface area contributed by atoms with Gasteiger partial charge in [0, 0.05) is 11.6 Å². The van der Waals surface area contributed by atoms with Crippen LogP contribution in [0.25, 0.3) is 0 Å². The molecule has 0 aliphatic heterocycles. The zero-order chi connectivity index (χ0) is 11.3. The fourth-order valence-electron chi connectivity index (χ4n) is 0.915. The third-order valence-corrected chi connectivity index (χ3v) is 2.35. The van der Waals surface area contributed by atoms with Crippen molar-refractivity contribution in [3.63, 3.8) is 0 Å². The molecule has 0 spiro atoms. The van der Waals surface area contributed by atoms with Crippen molar-refractivity contribution >= 4 is 28.5 Å². The number of carboxylic acid groups (broad SMARTS) is 1. The highest BCUT2D eigenvalue weighted by Gasteiger charge is 2.17. The highest BCUT2D eigenvalue weighted by molar-refractivity contribution is 7.13. The first kappa shape index (κ1) is 11.4. The van der Waals surface area contributed by atoms with Gasteiger partial charge in [-0.15, -0.1) is 11.3 Å². The molecular weight excluding hydrogens is 218 g/mol. The summed E-state index contributed by atoms with van der Waals surface area (Å²) in [6.45, 7) is 1.68. The van der Waals surface area contributed by atoms with Crippen LogP contribution in [-0.4, -0.2) is 28.1 Å². The topological polar surface area (TPSA) is 91.3 Å². The molecule has 0 aromatic carbocycles. The predicted molar refractivity (Wildman–Crippen MR) is 56.0 cm³/mol. The van der Waals surface area contributed by atoms with E-state index in [1.165, 1.54) is 11.3 Å². The smallest absolute Gasteiger partial charge is 0.326 e. The molecule has 1 heterocycles. The number of hydrogen-bond donors (Lipinski definition) is 3. The lowest BCUT2D eigenvalue weighted by molar-refractivity contribution is -0.139. The Balaban J connectivity index is 2.45. The maximum Gasteiger partial charge on any atom is 0.326 e. The minimum absolute atomic E-state index is 0.334. The molecule has 1 aromatic rings. The van der Waals surface area contributed by atoms with Crippen molar-refractivity contribution in [3.05, 3.63) is 11.6 Å². The van der Waals surface area contributed by atoms with Gasteiger partial charge in [-0.25, -0.2) is 14.6 Å². The molecule has 0 aliphatic rings. The third-order valence-electron chi connectivity index (χ3n) is 1.66. The van der Waals surface area contributed by atoms with Crippen LogP contribution < -0.4 is 10.6 Å². The summed E-state index contributed by atoms with van der Waals surface area (Å²) in [5, 5.41) is 15.6. The molecule has 0 bridgehead atoms. The molecular formula is C8H11N3O3S. The molecule has 15 heavy (non-hydrogen) atoms. The van der Waals surface area contributed by atoms with Crippen molar-refractivity contribution in [3.8, 4) is 0 Å². The zero-order valence-corrected chi connectivity index (χ0v) is 8.87. The molecule has 0 unspecified atom stereocenters. The summed E-state index contributed by atoms with van der Waals surface area (Å²) in [5.41, 5.74) is 0. The number of rotatable bonds is 4. The van der Waals surface area contributed by atoms with E-state index in [4.69, 9.17) is 5.11 Å². The Hall–Kier alpha value is -1.63. The molecule has 1 rings (SSSR count). The number of carboxylic acids is 1. The van der Waals surface area contributed by atoms with Crippen LogP contribution in [0.2, 0.25) is 0 Å². The molecule has 1 atom stereocenters. The van der Waals surface area contributed by atoms with Crippen molar-refractivity contribution in [1.82, 2.24) is 10.3 Å². The van der Waals surface area contributed by atoms with E-state index in [-0.39, 0.29) is 0 Å². The van der Waals surface area contributed by atoms with Gasteiger partial charge in [-0.3, -0.25) is 5.32 Å². The molecule has 0 saturated heterocycles. The highest BCUT2D eigenvalue weighted by Crippen LogP contribution is 2.09. The van der Waals surface area contributed by atoms with E-state index in [0.29, 0.717) is 11.6 Å². The van der Waals surface area contributed by atoms with Gasteiger partial charge in [-0.2, -0.15) is 0 Å². The Bertz CT molecular complexity index is 339. The second-order valence-electron chi connectivity index (χ2n) is 2.73. The van der Waals surface area contributed by atoms with Crippen LogP contribution in [0.5, 0.6) is 0 Å². The summed E-state index contributed by atoms with van der Waals surface area (Å²) < 4.78 is 0. The fraction of sp³-hybridized carbons (Fsp3) is 0.375. The normalized spacial score (nSPS) is 11.8. The predicted octanol–water partition coefficient (Wildman–Crippen LogP) is 1.13. The van der Waals surface area contributed by atoms with Gasteiger partial charge in [0.2, 0.25) is 0 Å². The summed E-state index contributed by atoms with van der Waals surface area (Å²) in [6.07, 6.45) is 1.88. The molecule has 2 amide bonds. The number of thiazole rings is 1. The molecule has 0 saturated carbocycles. The Morgan fingerprint density at radius 2 is 2.40 bits per heavy atom. The SMILES string of the molecule is CC[C@H](NC(=O)Nc1nccs1)C(=O)O. The number of carbonyl (C=O) groups is 2. The van der Waals surface area contributed by atoms with E-state index in [0.717, 1.165) is 0 Å². The van der Waals surface area contributed by atoms with E-state index in [9.17, 15) is 9.59 Å². The monoisotopic (exact) mass is 229 g/mol. The Morgan fingerprint density at radius 1 is 1.67 bits per heavy atom. The Labute approximate surface area is 90.3 Å². The van der Waals surface area contributed by atoms with Gasteiger partial charge in [0.15, 0.2) is 5.13 Å². The van der Waals surface area contributed by atoms with Gasteiger partial charge in [-0.05, 0) is 6.42 Å². The molecule has 0 radical (unpaired) electrons. The van der Waals surface area contributed by atoms with Crippen molar-refractivity contribution in [2.24, 2.45) is 0 Å². The summed E-state index contributed by atoms with van der Waals surface area (Å²) >= 11 is 1.26. The minimum atomic E-state index is -1.05. The van der Waals surface area contributed by atoms with Crippen molar-refractivity contribution in [2.75, 3.05) is 5.32 Å². The van der Waals surface area contributed by atoms with Crippen molar-refractivity contribution < 1.29 is 14.7 Å². The Morgan fingerprint density at radius 3 is 2.87 bits per heavy atom. The average molecular weight is 229 g/mol. The summed E-state index contributed by atoms with van der Waals surface area (Å²) in [6, 6.07) is -1.43. The van der Waals surface area contributed by atoms with E-state index in [1.807, 2.05) is 0 Å². The zero-order valence-electron chi connectivity index (χ0n) is 8.06. The second-order valence-corrected chi connectivity index (χ2v) is 3.63. The first-order valence-corrected chi connectivity index (χ1v) is 5.21. The number of nitrogens with one attached hydrogen (secondary N) is 2. The number of hydrogen-bond acceptors (Lipinski definition) is 4. The first-order valence-electron chi connectivity index (χ1n) is 4.33. The summed E-state index contributed by atoms with van der Waals surface area (Å²) in [4.78, 5) is 25.7. The second kappa shape index (κ2) is 5.30. The number of urea groups is 1. The van der Waals surface area contributed by atoms with Gasteiger partial charge in [0.1, 0.15) is 6.04 Å². The molecule has 6 nitrogen and oxygen atoms in total. The van der Waals surface area contributed by atoms with Gasteiger partial charge < -0.3 is 10.4 Å². The number of aliphatic carboxylic acids is 1. The number of anilines is 1. The van der Waals surface area contributed by atoms with Crippen molar-refractivity contribution in [1.29, 1.82) is 0 Å². The maximum absolute atomic E-state index is 11.3. The number of amides is 2. The largest absolute Gasteiger partial charge is 0.480 e. The van der Waals surface area contributed by atoms with Crippen LogP contribution in [0.1, 0.15) is 13.3 Å². The van der Waals surface area contributed by atoms with Crippen LogP contribution in [0.4, 0.5) is 9.93 Å². The van der Waals surface area contributed by atoms with Crippen LogP contribution >= 0.6 is 11.3 Å². The Kier molecular flexibility index (Phi) is 4.04. The lowest BCUT2D eigenvalue weighted by Gasteiger charge is -2.11. The summed E-state index contributed by atoms with van der Waals surface area (Å²) in [7, 11) is 0. The van der Waals surface area contributed by atoms with Gasteiger partial charge >= 0.3 is 12.0 Å². The van der Waals surface area contributed by atoms with E-state index in [2.05, 4.69) is 15.6 Å².